The Morgan fingerprint density at radius 3 is 2.38 bits per heavy atom. The highest BCUT2D eigenvalue weighted by molar-refractivity contribution is 7.99. The normalized spacial score (nSPS) is 18.4. The minimum Gasteiger partial charge on any atom is -0.394 e. The Balaban J connectivity index is 2.04. The fourth-order valence-corrected chi connectivity index (χ4v) is 4.34. The van der Waals surface area contributed by atoms with E-state index in [9.17, 15) is 13.5 Å². The van der Waals surface area contributed by atoms with Gasteiger partial charge in [-0.15, -0.1) is 11.8 Å². The van der Waals surface area contributed by atoms with E-state index in [0.717, 1.165) is 17.2 Å². The monoisotopic (exact) mass is 329 g/mol. The van der Waals surface area contributed by atoms with E-state index in [4.69, 9.17) is 0 Å². The average molecular weight is 329 g/mol. The SMILES string of the molecule is CCNC(CO)(CSc1ccc(S(C)(=O)=O)cc1)C1CC1. The van der Waals surface area contributed by atoms with E-state index in [0.29, 0.717) is 10.8 Å². The highest BCUT2D eigenvalue weighted by Crippen LogP contribution is 2.42. The zero-order valence-electron chi connectivity index (χ0n) is 12.5. The Hall–Kier alpha value is -0.560. The summed E-state index contributed by atoms with van der Waals surface area (Å²) in [5.41, 5.74) is -0.213. The number of likely N-dealkylation sites (N-methyl/N-ethyl adjacent to an activating group) is 1. The van der Waals surface area contributed by atoms with Crippen LogP contribution < -0.4 is 5.32 Å². The van der Waals surface area contributed by atoms with Crippen molar-refractivity contribution in [1.82, 2.24) is 5.32 Å². The van der Waals surface area contributed by atoms with Crippen LogP contribution in [0.3, 0.4) is 0 Å². The van der Waals surface area contributed by atoms with Crippen molar-refractivity contribution in [2.75, 3.05) is 25.2 Å². The van der Waals surface area contributed by atoms with Crippen LogP contribution in [0.5, 0.6) is 0 Å². The molecule has 1 aliphatic carbocycles. The van der Waals surface area contributed by atoms with Crippen molar-refractivity contribution in [1.29, 1.82) is 0 Å². The van der Waals surface area contributed by atoms with Gasteiger partial charge < -0.3 is 10.4 Å². The van der Waals surface area contributed by atoms with E-state index < -0.39 is 9.84 Å². The molecular formula is C15H23NO3S2. The van der Waals surface area contributed by atoms with Gasteiger partial charge in [0.15, 0.2) is 9.84 Å². The average Bonchev–Trinajstić information content (AvgIpc) is 3.28. The molecule has 1 atom stereocenters. The molecule has 21 heavy (non-hydrogen) atoms. The van der Waals surface area contributed by atoms with Gasteiger partial charge in [-0.25, -0.2) is 8.42 Å². The summed E-state index contributed by atoms with van der Waals surface area (Å²) in [6.45, 7) is 3.03. The Bertz CT molecular complexity index is 567. The van der Waals surface area contributed by atoms with Crippen molar-refractivity contribution in [3.8, 4) is 0 Å². The molecule has 0 radical (unpaired) electrons. The van der Waals surface area contributed by atoms with Gasteiger partial charge in [0.25, 0.3) is 0 Å². The van der Waals surface area contributed by atoms with Gasteiger partial charge in [0.1, 0.15) is 0 Å². The van der Waals surface area contributed by atoms with Gasteiger partial charge in [0.2, 0.25) is 0 Å². The van der Waals surface area contributed by atoms with E-state index >= 15 is 0 Å². The second-order valence-electron chi connectivity index (χ2n) is 5.65. The molecule has 1 aromatic carbocycles. The molecule has 0 aromatic heterocycles. The molecule has 2 rings (SSSR count). The highest BCUT2D eigenvalue weighted by Gasteiger charge is 2.44. The topological polar surface area (TPSA) is 66.4 Å². The third-order valence-corrected chi connectivity index (χ3v) is 6.31. The molecule has 4 nitrogen and oxygen atoms in total. The highest BCUT2D eigenvalue weighted by atomic mass is 32.2. The molecule has 0 aliphatic heterocycles. The van der Waals surface area contributed by atoms with Gasteiger partial charge in [0.05, 0.1) is 17.0 Å². The van der Waals surface area contributed by atoms with Crippen LogP contribution in [-0.2, 0) is 9.84 Å². The predicted molar refractivity (Wildman–Crippen MR) is 86.5 cm³/mol. The summed E-state index contributed by atoms with van der Waals surface area (Å²) in [5, 5.41) is 13.2. The van der Waals surface area contributed by atoms with E-state index in [2.05, 4.69) is 12.2 Å². The van der Waals surface area contributed by atoms with Crippen LogP contribution in [0.2, 0.25) is 0 Å². The lowest BCUT2D eigenvalue weighted by atomic mass is 9.97. The zero-order chi connectivity index (χ0) is 15.5. The number of thioether (sulfide) groups is 1. The van der Waals surface area contributed by atoms with Crippen LogP contribution >= 0.6 is 11.8 Å². The summed E-state index contributed by atoms with van der Waals surface area (Å²) in [7, 11) is -3.14. The first-order valence-electron chi connectivity index (χ1n) is 7.20. The molecule has 1 fully saturated rings. The maximum absolute atomic E-state index is 11.4. The quantitative estimate of drug-likeness (QED) is 0.714. The van der Waals surface area contributed by atoms with Crippen LogP contribution in [0.25, 0.3) is 0 Å². The second-order valence-corrected chi connectivity index (χ2v) is 8.72. The van der Waals surface area contributed by atoms with Crippen LogP contribution in [0.15, 0.2) is 34.1 Å². The fraction of sp³-hybridized carbons (Fsp3) is 0.600. The largest absolute Gasteiger partial charge is 0.394 e. The summed E-state index contributed by atoms with van der Waals surface area (Å²) in [4.78, 5) is 1.37. The van der Waals surface area contributed by atoms with Gasteiger partial charge in [-0.05, 0) is 49.6 Å². The van der Waals surface area contributed by atoms with Crippen LogP contribution in [0, 0.1) is 5.92 Å². The molecular weight excluding hydrogens is 306 g/mol. The van der Waals surface area contributed by atoms with E-state index in [1.54, 1.807) is 23.9 Å². The van der Waals surface area contributed by atoms with Gasteiger partial charge in [-0.3, -0.25) is 0 Å². The lowest BCUT2D eigenvalue weighted by Gasteiger charge is -2.33. The summed E-state index contributed by atoms with van der Waals surface area (Å²) in [6, 6.07) is 6.95. The number of benzene rings is 1. The molecule has 0 bridgehead atoms. The first kappa shape index (κ1) is 16.8. The Morgan fingerprint density at radius 2 is 1.95 bits per heavy atom. The molecule has 118 valence electrons. The van der Waals surface area contributed by atoms with Crippen LogP contribution in [0.1, 0.15) is 19.8 Å². The van der Waals surface area contributed by atoms with Crippen molar-refractivity contribution >= 4 is 21.6 Å². The number of nitrogens with one attached hydrogen (secondary N) is 1. The zero-order valence-corrected chi connectivity index (χ0v) is 14.1. The number of hydrogen-bond donors (Lipinski definition) is 2. The standard InChI is InChI=1S/C15H23NO3S2/c1-3-16-15(10-17,12-4-5-12)11-20-13-6-8-14(9-7-13)21(2,18)19/h6-9,12,16-17H,3-5,10-11H2,1-2H3. The maximum Gasteiger partial charge on any atom is 0.175 e. The smallest absolute Gasteiger partial charge is 0.175 e. The molecule has 0 heterocycles. The number of sulfone groups is 1. The Kier molecular flexibility index (Phi) is 5.35. The van der Waals surface area contributed by atoms with Crippen molar-refractivity contribution in [3.05, 3.63) is 24.3 Å². The third-order valence-electron chi connectivity index (χ3n) is 3.92. The number of aliphatic hydroxyl groups excluding tert-OH is 1. The molecule has 6 heteroatoms. The van der Waals surface area contributed by atoms with Crippen LogP contribution in [0.4, 0.5) is 0 Å². The van der Waals surface area contributed by atoms with Crippen molar-refractivity contribution in [2.24, 2.45) is 5.92 Å². The molecule has 1 unspecified atom stereocenters. The van der Waals surface area contributed by atoms with Crippen molar-refractivity contribution in [2.45, 2.75) is 35.1 Å². The van der Waals surface area contributed by atoms with Crippen molar-refractivity contribution in [3.63, 3.8) is 0 Å². The molecule has 1 aliphatic rings. The lowest BCUT2D eigenvalue weighted by molar-refractivity contribution is 0.161. The van der Waals surface area contributed by atoms with Gasteiger partial charge in [-0.2, -0.15) is 0 Å². The number of rotatable bonds is 8. The summed E-state index contributed by atoms with van der Waals surface area (Å²) in [6.07, 6.45) is 3.55. The Labute approximate surface area is 131 Å². The van der Waals surface area contributed by atoms with Gasteiger partial charge in [-0.1, -0.05) is 6.92 Å². The minimum absolute atomic E-state index is 0.139. The van der Waals surface area contributed by atoms with E-state index in [1.165, 1.54) is 19.1 Å². The first-order valence-corrected chi connectivity index (χ1v) is 10.1. The van der Waals surface area contributed by atoms with Crippen LogP contribution in [-0.4, -0.2) is 44.2 Å². The molecule has 2 N–H and O–H groups in total. The molecule has 1 saturated carbocycles. The maximum atomic E-state index is 11.4. The first-order chi connectivity index (χ1) is 9.91. The van der Waals surface area contributed by atoms with E-state index in [-0.39, 0.29) is 12.1 Å². The Morgan fingerprint density at radius 1 is 1.33 bits per heavy atom. The summed E-state index contributed by atoms with van der Waals surface area (Å²) in [5.74, 6) is 1.34. The predicted octanol–water partition coefficient (Wildman–Crippen LogP) is 1.93. The number of aliphatic hydroxyl groups is 1. The number of hydrogen-bond acceptors (Lipinski definition) is 5. The van der Waals surface area contributed by atoms with Gasteiger partial charge in [0, 0.05) is 16.9 Å². The third kappa shape index (κ3) is 4.22. The van der Waals surface area contributed by atoms with Crippen molar-refractivity contribution < 1.29 is 13.5 Å². The second kappa shape index (κ2) is 6.69. The summed E-state index contributed by atoms with van der Waals surface area (Å²) < 4.78 is 22.9. The minimum atomic E-state index is -3.14. The molecule has 1 aromatic rings. The summed E-state index contributed by atoms with van der Waals surface area (Å²) >= 11 is 1.66. The molecule has 0 saturated heterocycles. The lowest BCUT2D eigenvalue weighted by Crippen LogP contribution is -2.52. The van der Waals surface area contributed by atoms with Gasteiger partial charge >= 0.3 is 0 Å². The molecule has 0 amide bonds. The fourth-order valence-electron chi connectivity index (χ4n) is 2.53. The van der Waals surface area contributed by atoms with E-state index in [1.807, 2.05) is 12.1 Å². The molecule has 0 spiro atoms.